The minimum absolute atomic E-state index is 0.719. The maximum absolute atomic E-state index is 4.20. The lowest BCUT2D eigenvalue weighted by atomic mass is 9.93. The molecule has 5 nitrogen and oxygen atoms in total. The van der Waals surface area contributed by atoms with Gasteiger partial charge in [-0.3, -0.25) is 9.58 Å². The largest absolute Gasteiger partial charge is 0.316 e. The fraction of sp³-hybridized carbons (Fsp3) is 0.833. The Morgan fingerprint density at radius 1 is 1.47 bits per heavy atom. The lowest BCUT2D eigenvalue weighted by Gasteiger charge is -2.25. The number of rotatable bonds is 3. The molecule has 2 aliphatic heterocycles. The molecule has 17 heavy (non-hydrogen) atoms. The Balaban J connectivity index is 1.71. The number of aromatic nitrogens is 3. The van der Waals surface area contributed by atoms with E-state index in [2.05, 4.69) is 27.5 Å². The molecule has 1 aromatic rings. The van der Waals surface area contributed by atoms with Crippen LogP contribution in [-0.4, -0.2) is 45.6 Å². The van der Waals surface area contributed by atoms with Gasteiger partial charge in [0.05, 0.1) is 5.69 Å². The van der Waals surface area contributed by atoms with Gasteiger partial charge in [0.1, 0.15) is 0 Å². The SMILES string of the molecule is CCC1C2CNCC2CN1Cc1cn(C)nn1. The second kappa shape index (κ2) is 4.38. The highest BCUT2D eigenvalue weighted by Gasteiger charge is 2.43. The highest BCUT2D eigenvalue weighted by Crippen LogP contribution is 2.34. The molecule has 0 aromatic carbocycles. The average molecular weight is 235 g/mol. The smallest absolute Gasteiger partial charge is 0.0967 e. The van der Waals surface area contributed by atoms with Crippen molar-refractivity contribution in [1.82, 2.24) is 25.2 Å². The summed E-state index contributed by atoms with van der Waals surface area (Å²) < 4.78 is 1.79. The van der Waals surface area contributed by atoms with E-state index in [1.165, 1.54) is 26.1 Å². The van der Waals surface area contributed by atoms with Crippen LogP contribution in [0.1, 0.15) is 19.0 Å². The Morgan fingerprint density at radius 3 is 3.06 bits per heavy atom. The molecule has 3 rings (SSSR count). The Kier molecular flexibility index (Phi) is 2.88. The van der Waals surface area contributed by atoms with Crippen molar-refractivity contribution in [2.45, 2.75) is 25.9 Å². The molecule has 1 N–H and O–H groups in total. The van der Waals surface area contributed by atoms with Gasteiger partial charge in [-0.25, -0.2) is 0 Å². The Labute approximate surface area is 102 Å². The number of hydrogen-bond donors (Lipinski definition) is 1. The third-order valence-corrected chi connectivity index (χ3v) is 4.26. The van der Waals surface area contributed by atoms with E-state index in [0.29, 0.717) is 0 Å². The first-order valence-electron chi connectivity index (χ1n) is 6.58. The molecule has 0 saturated carbocycles. The molecule has 2 saturated heterocycles. The van der Waals surface area contributed by atoms with Crippen molar-refractivity contribution in [1.29, 1.82) is 0 Å². The number of nitrogens with one attached hydrogen (secondary N) is 1. The summed E-state index contributed by atoms with van der Waals surface area (Å²) >= 11 is 0. The van der Waals surface area contributed by atoms with Crippen molar-refractivity contribution in [3.8, 4) is 0 Å². The highest BCUT2D eigenvalue weighted by molar-refractivity contribution is 5.01. The Hall–Kier alpha value is -0.940. The minimum Gasteiger partial charge on any atom is -0.316 e. The van der Waals surface area contributed by atoms with Gasteiger partial charge in [-0.2, -0.15) is 0 Å². The predicted molar refractivity (Wildman–Crippen MR) is 65.3 cm³/mol. The topological polar surface area (TPSA) is 46.0 Å². The van der Waals surface area contributed by atoms with Gasteiger partial charge in [0.25, 0.3) is 0 Å². The van der Waals surface area contributed by atoms with Gasteiger partial charge in [-0.15, -0.1) is 5.10 Å². The number of likely N-dealkylation sites (tertiary alicyclic amines) is 1. The summed E-state index contributed by atoms with van der Waals surface area (Å²) in [6.45, 7) is 6.86. The molecule has 3 unspecified atom stereocenters. The van der Waals surface area contributed by atoms with Gasteiger partial charge in [-0.05, 0) is 31.3 Å². The Bertz CT molecular complexity index is 388. The molecule has 0 spiro atoms. The van der Waals surface area contributed by atoms with Gasteiger partial charge < -0.3 is 5.32 Å². The van der Waals surface area contributed by atoms with E-state index >= 15 is 0 Å². The standard InChI is InChI=1S/C12H21N5/c1-3-12-11-5-13-4-9(11)6-17(12)8-10-7-16(2)15-14-10/h7,9,11-13H,3-6,8H2,1-2H3. The molecule has 94 valence electrons. The first kappa shape index (κ1) is 11.2. The zero-order chi connectivity index (χ0) is 11.8. The zero-order valence-electron chi connectivity index (χ0n) is 10.6. The van der Waals surface area contributed by atoms with Crippen LogP contribution in [0.5, 0.6) is 0 Å². The minimum atomic E-state index is 0.719. The molecule has 0 aliphatic carbocycles. The zero-order valence-corrected chi connectivity index (χ0v) is 10.6. The summed E-state index contributed by atoms with van der Waals surface area (Å²) in [6, 6.07) is 0.719. The molecule has 0 radical (unpaired) electrons. The second-order valence-electron chi connectivity index (χ2n) is 5.37. The molecule has 3 atom stereocenters. The van der Waals surface area contributed by atoms with Crippen molar-refractivity contribution in [2.24, 2.45) is 18.9 Å². The van der Waals surface area contributed by atoms with Crippen LogP contribution in [0, 0.1) is 11.8 Å². The van der Waals surface area contributed by atoms with Crippen molar-refractivity contribution in [3.63, 3.8) is 0 Å². The molecule has 0 bridgehead atoms. The summed E-state index contributed by atoms with van der Waals surface area (Å²) in [6.07, 6.45) is 3.27. The van der Waals surface area contributed by atoms with Gasteiger partial charge in [-0.1, -0.05) is 12.1 Å². The van der Waals surface area contributed by atoms with Crippen LogP contribution >= 0.6 is 0 Å². The van der Waals surface area contributed by atoms with Gasteiger partial charge in [0, 0.05) is 32.4 Å². The fourth-order valence-corrected chi connectivity index (χ4v) is 3.53. The van der Waals surface area contributed by atoms with E-state index in [1.807, 2.05) is 13.2 Å². The first-order chi connectivity index (χ1) is 8.28. The third kappa shape index (κ3) is 1.98. The van der Waals surface area contributed by atoms with Crippen LogP contribution < -0.4 is 5.32 Å². The molecule has 2 aliphatic rings. The van der Waals surface area contributed by atoms with Crippen LogP contribution in [0.15, 0.2) is 6.20 Å². The van der Waals surface area contributed by atoms with Gasteiger partial charge in [0.15, 0.2) is 0 Å². The van der Waals surface area contributed by atoms with E-state index in [4.69, 9.17) is 0 Å². The van der Waals surface area contributed by atoms with Crippen molar-refractivity contribution in [3.05, 3.63) is 11.9 Å². The number of hydrogen-bond acceptors (Lipinski definition) is 4. The lowest BCUT2D eigenvalue weighted by Crippen LogP contribution is -2.34. The van der Waals surface area contributed by atoms with E-state index < -0.39 is 0 Å². The van der Waals surface area contributed by atoms with E-state index in [1.54, 1.807) is 4.68 Å². The van der Waals surface area contributed by atoms with E-state index in [-0.39, 0.29) is 0 Å². The van der Waals surface area contributed by atoms with Gasteiger partial charge in [0.2, 0.25) is 0 Å². The second-order valence-corrected chi connectivity index (χ2v) is 5.37. The van der Waals surface area contributed by atoms with Crippen LogP contribution in [0.3, 0.4) is 0 Å². The van der Waals surface area contributed by atoms with Crippen LogP contribution in [0.2, 0.25) is 0 Å². The maximum Gasteiger partial charge on any atom is 0.0967 e. The molecule has 3 heterocycles. The van der Waals surface area contributed by atoms with Gasteiger partial charge >= 0.3 is 0 Å². The lowest BCUT2D eigenvalue weighted by molar-refractivity contribution is 0.208. The number of fused-ring (bicyclic) bond motifs is 1. The monoisotopic (exact) mass is 235 g/mol. The quantitative estimate of drug-likeness (QED) is 0.815. The van der Waals surface area contributed by atoms with Crippen LogP contribution in [0.4, 0.5) is 0 Å². The van der Waals surface area contributed by atoms with E-state index in [9.17, 15) is 0 Å². The summed E-state index contributed by atoms with van der Waals surface area (Å²) in [5.41, 5.74) is 1.10. The molecule has 1 aromatic heterocycles. The normalized spacial score (nSPS) is 33.2. The first-order valence-corrected chi connectivity index (χ1v) is 6.58. The molecular weight excluding hydrogens is 214 g/mol. The molecule has 0 amide bonds. The fourth-order valence-electron chi connectivity index (χ4n) is 3.53. The van der Waals surface area contributed by atoms with Crippen molar-refractivity contribution < 1.29 is 0 Å². The maximum atomic E-state index is 4.20. The summed E-state index contributed by atoms with van der Waals surface area (Å²) in [7, 11) is 1.93. The van der Waals surface area contributed by atoms with Crippen molar-refractivity contribution in [2.75, 3.05) is 19.6 Å². The Morgan fingerprint density at radius 2 is 2.35 bits per heavy atom. The average Bonchev–Trinajstić information content (AvgIpc) is 2.95. The predicted octanol–water partition coefficient (Wildman–Crippen LogP) is 0.245. The van der Waals surface area contributed by atoms with Crippen LogP contribution in [-0.2, 0) is 13.6 Å². The third-order valence-electron chi connectivity index (χ3n) is 4.26. The number of aryl methyl sites for hydroxylation is 1. The van der Waals surface area contributed by atoms with Crippen LogP contribution in [0.25, 0.3) is 0 Å². The molecule has 5 heteroatoms. The summed E-state index contributed by atoms with van der Waals surface area (Å²) in [5, 5.41) is 11.7. The number of nitrogens with zero attached hydrogens (tertiary/aromatic N) is 4. The highest BCUT2D eigenvalue weighted by atomic mass is 15.4. The van der Waals surface area contributed by atoms with Crippen molar-refractivity contribution >= 4 is 0 Å². The summed E-state index contributed by atoms with van der Waals surface area (Å²) in [4.78, 5) is 2.60. The molecule has 2 fully saturated rings. The van der Waals surface area contributed by atoms with E-state index in [0.717, 1.165) is 30.1 Å². The summed E-state index contributed by atoms with van der Waals surface area (Å²) in [5.74, 6) is 1.69. The molecular formula is C12H21N5.